The van der Waals surface area contributed by atoms with Crippen LogP contribution in [0.2, 0.25) is 0 Å². The van der Waals surface area contributed by atoms with Gasteiger partial charge in [-0.25, -0.2) is 0 Å². The highest BCUT2D eigenvalue weighted by atomic mass is 127. The average molecular weight is 381 g/mol. The normalized spacial score (nSPS) is 13.8. The van der Waals surface area contributed by atoms with E-state index in [0.29, 0.717) is 0 Å². The molecule has 20 heavy (non-hydrogen) atoms. The van der Waals surface area contributed by atoms with E-state index >= 15 is 0 Å². The van der Waals surface area contributed by atoms with Crippen LogP contribution in [0.15, 0.2) is 48.5 Å². The summed E-state index contributed by atoms with van der Waals surface area (Å²) < 4.78 is 7.32. The summed E-state index contributed by atoms with van der Waals surface area (Å²) >= 11 is 2.29. The summed E-state index contributed by atoms with van der Waals surface area (Å²) in [4.78, 5) is 0. The maximum atomic E-state index is 6.24. The van der Waals surface area contributed by atoms with Gasteiger partial charge in [-0.15, -0.1) is 0 Å². The molecule has 106 valence electrons. The largest absolute Gasteiger partial charge is 0.484 e. The average Bonchev–Trinajstić information content (AvgIpc) is 2.47. The third-order valence-corrected chi connectivity index (χ3v) is 4.06. The predicted octanol–water partition coefficient (Wildman–Crippen LogP) is 4.46. The van der Waals surface area contributed by atoms with Crippen LogP contribution in [0, 0.1) is 10.5 Å². The number of rotatable bonds is 5. The molecule has 3 heteroatoms. The molecule has 0 saturated heterocycles. The fraction of sp³-hybridized carbons (Fsp3) is 0.294. The van der Waals surface area contributed by atoms with Gasteiger partial charge in [-0.1, -0.05) is 36.8 Å². The summed E-state index contributed by atoms with van der Waals surface area (Å²) in [6.07, 6.45) is 0.767. The Kier molecular flexibility index (Phi) is 5.43. The highest BCUT2D eigenvalue weighted by Crippen LogP contribution is 2.26. The Balaban J connectivity index is 2.23. The molecule has 2 aromatic carbocycles. The van der Waals surface area contributed by atoms with Gasteiger partial charge in [-0.3, -0.25) is 0 Å². The first kappa shape index (κ1) is 15.3. The summed E-state index contributed by atoms with van der Waals surface area (Å²) in [6.45, 7) is 4.17. The standard InChI is InChI=1S/C17H20INO/c1-3-16(19)17(13-6-4-12(2)5-7-13)20-15-10-8-14(18)9-11-15/h4-11,16-17H,3,19H2,1-2H3. The zero-order chi connectivity index (χ0) is 14.5. The van der Waals surface area contributed by atoms with E-state index in [4.69, 9.17) is 10.5 Å². The molecule has 0 bridgehead atoms. The quantitative estimate of drug-likeness (QED) is 0.777. The lowest BCUT2D eigenvalue weighted by molar-refractivity contribution is 0.171. The molecule has 0 aromatic heterocycles. The number of benzene rings is 2. The third kappa shape index (κ3) is 3.96. The van der Waals surface area contributed by atoms with E-state index in [1.165, 1.54) is 9.13 Å². The number of nitrogens with two attached hydrogens (primary N) is 1. The Hall–Kier alpha value is -1.07. The second-order valence-corrected chi connectivity index (χ2v) is 6.22. The number of halogens is 1. The van der Waals surface area contributed by atoms with Crippen molar-refractivity contribution in [3.63, 3.8) is 0 Å². The van der Waals surface area contributed by atoms with Gasteiger partial charge in [0.15, 0.2) is 0 Å². The predicted molar refractivity (Wildman–Crippen MR) is 92.0 cm³/mol. The smallest absolute Gasteiger partial charge is 0.139 e. The van der Waals surface area contributed by atoms with Crippen molar-refractivity contribution in [1.29, 1.82) is 0 Å². The molecule has 0 saturated carbocycles. The summed E-state index contributed by atoms with van der Waals surface area (Å²) in [5, 5.41) is 0. The highest BCUT2D eigenvalue weighted by Gasteiger charge is 2.20. The molecular weight excluding hydrogens is 361 g/mol. The first-order chi connectivity index (χ1) is 9.60. The van der Waals surface area contributed by atoms with Crippen LogP contribution < -0.4 is 10.5 Å². The van der Waals surface area contributed by atoms with Gasteiger partial charge in [0, 0.05) is 9.61 Å². The molecule has 2 rings (SSSR count). The first-order valence-electron chi connectivity index (χ1n) is 6.84. The Morgan fingerprint density at radius 2 is 1.65 bits per heavy atom. The third-order valence-electron chi connectivity index (χ3n) is 3.34. The van der Waals surface area contributed by atoms with Gasteiger partial charge in [0.05, 0.1) is 0 Å². The summed E-state index contributed by atoms with van der Waals surface area (Å²) in [5.41, 5.74) is 8.61. The molecular formula is C17H20INO. The molecule has 2 nitrogen and oxygen atoms in total. The van der Waals surface area contributed by atoms with Gasteiger partial charge < -0.3 is 10.5 Å². The monoisotopic (exact) mass is 381 g/mol. The highest BCUT2D eigenvalue weighted by molar-refractivity contribution is 14.1. The molecule has 2 N–H and O–H groups in total. The molecule has 0 aliphatic carbocycles. The van der Waals surface area contributed by atoms with E-state index in [2.05, 4.69) is 60.7 Å². The van der Waals surface area contributed by atoms with Crippen molar-refractivity contribution < 1.29 is 4.74 Å². The van der Waals surface area contributed by atoms with E-state index < -0.39 is 0 Å². The zero-order valence-corrected chi connectivity index (χ0v) is 14.0. The van der Waals surface area contributed by atoms with E-state index in [9.17, 15) is 0 Å². The molecule has 0 amide bonds. The van der Waals surface area contributed by atoms with Gasteiger partial charge in [0.25, 0.3) is 0 Å². The summed E-state index contributed by atoms with van der Waals surface area (Å²) in [7, 11) is 0. The van der Waals surface area contributed by atoms with Crippen molar-refractivity contribution in [1.82, 2.24) is 0 Å². The van der Waals surface area contributed by atoms with Gasteiger partial charge in [0.1, 0.15) is 11.9 Å². The van der Waals surface area contributed by atoms with Gasteiger partial charge >= 0.3 is 0 Å². The lowest BCUT2D eigenvalue weighted by atomic mass is 10.00. The molecule has 2 atom stereocenters. The van der Waals surface area contributed by atoms with Crippen LogP contribution in [-0.2, 0) is 0 Å². The maximum absolute atomic E-state index is 6.24. The molecule has 0 aliphatic heterocycles. The molecule has 0 radical (unpaired) electrons. The van der Waals surface area contributed by atoms with Crippen LogP contribution in [0.5, 0.6) is 5.75 Å². The fourth-order valence-electron chi connectivity index (χ4n) is 2.03. The minimum Gasteiger partial charge on any atom is -0.484 e. The zero-order valence-electron chi connectivity index (χ0n) is 11.8. The van der Waals surface area contributed by atoms with Crippen molar-refractivity contribution >= 4 is 22.6 Å². The minimum atomic E-state index is -0.110. The molecule has 0 fully saturated rings. The van der Waals surface area contributed by atoms with Crippen LogP contribution in [-0.4, -0.2) is 6.04 Å². The lowest BCUT2D eigenvalue weighted by Gasteiger charge is -2.25. The number of ether oxygens (including phenoxy) is 1. The lowest BCUT2D eigenvalue weighted by Crippen LogP contribution is -2.31. The number of hydrogen-bond acceptors (Lipinski definition) is 2. The van der Waals surface area contributed by atoms with Crippen LogP contribution >= 0.6 is 22.6 Å². The van der Waals surface area contributed by atoms with E-state index in [-0.39, 0.29) is 12.1 Å². The van der Waals surface area contributed by atoms with E-state index in [1.807, 2.05) is 24.3 Å². The van der Waals surface area contributed by atoms with E-state index in [0.717, 1.165) is 17.7 Å². The molecule has 0 aliphatic rings. The minimum absolute atomic E-state index is 0.0167. The Bertz CT molecular complexity index is 536. The Morgan fingerprint density at radius 3 is 2.20 bits per heavy atom. The van der Waals surface area contributed by atoms with Crippen molar-refractivity contribution in [2.45, 2.75) is 32.4 Å². The fourth-order valence-corrected chi connectivity index (χ4v) is 2.39. The van der Waals surface area contributed by atoms with Crippen LogP contribution in [0.4, 0.5) is 0 Å². The van der Waals surface area contributed by atoms with Crippen molar-refractivity contribution in [3.05, 3.63) is 63.2 Å². The molecule has 2 unspecified atom stereocenters. The Morgan fingerprint density at radius 1 is 1.05 bits per heavy atom. The van der Waals surface area contributed by atoms with Gasteiger partial charge in [0.2, 0.25) is 0 Å². The van der Waals surface area contributed by atoms with Crippen molar-refractivity contribution in [2.24, 2.45) is 5.73 Å². The SMILES string of the molecule is CCC(N)C(Oc1ccc(I)cc1)c1ccc(C)cc1. The second kappa shape index (κ2) is 7.09. The molecule has 2 aromatic rings. The second-order valence-electron chi connectivity index (χ2n) is 4.98. The van der Waals surface area contributed by atoms with Crippen LogP contribution in [0.3, 0.4) is 0 Å². The Labute approximate surface area is 134 Å². The van der Waals surface area contributed by atoms with Crippen LogP contribution in [0.25, 0.3) is 0 Å². The van der Waals surface area contributed by atoms with Gasteiger partial charge in [-0.2, -0.15) is 0 Å². The number of hydrogen-bond donors (Lipinski definition) is 1. The van der Waals surface area contributed by atoms with E-state index in [1.54, 1.807) is 0 Å². The first-order valence-corrected chi connectivity index (χ1v) is 7.92. The number of aryl methyl sites for hydroxylation is 1. The van der Waals surface area contributed by atoms with Crippen LogP contribution in [0.1, 0.15) is 30.6 Å². The summed E-state index contributed by atoms with van der Waals surface area (Å²) in [5.74, 6) is 0.861. The van der Waals surface area contributed by atoms with Crippen molar-refractivity contribution in [2.75, 3.05) is 0 Å². The molecule has 0 spiro atoms. The topological polar surface area (TPSA) is 35.2 Å². The molecule has 0 heterocycles. The van der Waals surface area contributed by atoms with Gasteiger partial charge in [-0.05, 0) is 65.8 Å². The maximum Gasteiger partial charge on any atom is 0.139 e. The summed E-state index contributed by atoms with van der Waals surface area (Å²) in [6, 6.07) is 16.4. The van der Waals surface area contributed by atoms with Crippen molar-refractivity contribution in [3.8, 4) is 5.75 Å².